The van der Waals surface area contributed by atoms with Gasteiger partial charge in [0.25, 0.3) is 0 Å². The molecule has 0 radical (unpaired) electrons. The standard InChI is InChI=1S/C19H22O6/c1-7-19(6)13(10(4)8-20)14(21)12-11(5)18(23)24-15(12)16(19)25-17(22)9(2)3/h7-8,12-16,21H,1-2,4-5H2,3,6H3/t12-,13-,14-,15-,16-,19+/m1/s1. The van der Waals surface area contributed by atoms with Gasteiger partial charge in [-0.15, -0.1) is 6.58 Å². The van der Waals surface area contributed by atoms with Gasteiger partial charge in [-0.05, 0) is 12.5 Å². The van der Waals surface area contributed by atoms with Crippen molar-refractivity contribution in [3.63, 3.8) is 0 Å². The Kier molecular flexibility index (Phi) is 4.86. The number of fused-ring (bicyclic) bond motifs is 1. The maximum Gasteiger partial charge on any atom is 0.334 e. The summed E-state index contributed by atoms with van der Waals surface area (Å²) in [6, 6.07) is 0. The highest BCUT2D eigenvalue weighted by Crippen LogP contribution is 2.53. The van der Waals surface area contributed by atoms with Crippen molar-refractivity contribution >= 4 is 18.2 Å². The van der Waals surface area contributed by atoms with Crippen LogP contribution in [-0.4, -0.2) is 41.6 Å². The van der Waals surface area contributed by atoms with Gasteiger partial charge >= 0.3 is 11.9 Å². The second-order valence-electron chi connectivity index (χ2n) is 6.76. The zero-order chi connectivity index (χ0) is 19.1. The molecule has 1 aliphatic carbocycles. The molecule has 0 aromatic heterocycles. The fraction of sp³-hybridized carbons (Fsp3) is 0.421. The third kappa shape index (κ3) is 2.76. The Morgan fingerprint density at radius 3 is 2.48 bits per heavy atom. The number of ether oxygens (including phenoxy) is 2. The molecule has 25 heavy (non-hydrogen) atoms. The highest BCUT2D eigenvalue weighted by Gasteiger charge is 2.63. The largest absolute Gasteiger partial charge is 0.454 e. The van der Waals surface area contributed by atoms with Gasteiger partial charge in [-0.2, -0.15) is 0 Å². The molecular weight excluding hydrogens is 324 g/mol. The number of esters is 2. The molecule has 134 valence electrons. The topological polar surface area (TPSA) is 89.9 Å². The quantitative estimate of drug-likeness (QED) is 0.351. The first kappa shape index (κ1) is 18.9. The van der Waals surface area contributed by atoms with Crippen LogP contribution in [0, 0.1) is 17.3 Å². The van der Waals surface area contributed by atoms with Gasteiger partial charge in [0.1, 0.15) is 18.5 Å². The second-order valence-corrected chi connectivity index (χ2v) is 6.76. The number of aliphatic hydroxyl groups is 1. The zero-order valence-corrected chi connectivity index (χ0v) is 14.4. The van der Waals surface area contributed by atoms with E-state index in [0.29, 0.717) is 6.29 Å². The van der Waals surface area contributed by atoms with Gasteiger partial charge in [0.2, 0.25) is 0 Å². The molecule has 0 unspecified atom stereocenters. The maximum absolute atomic E-state index is 12.1. The van der Waals surface area contributed by atoms with Crippen molar-refractivity contribution < 1.29 is 29.0 Å². The lowest BCUT2D eigenvalue weighted by Gasteiger charge is -2.51. The van der Waals surface area contributed by atoms with E-state index in [1.54, 1.807) is 6.92 Å². The molecule has 2 fully saturated rings. The predicted octanol–water partition coefficient (Wildman–Crippen LogP) is 1.51. The maximum atomic E-state index is 12.1. The van der Waals surface area contributed by atoms with Crippen LogP contribution in [0.15, 0.2) is 49.1 Å². The summed E-state index contributed by atoms with van der Waals surface area (Å²) in [7, 11) is 0. The second kappa shape index (κ2) is 6.44. The fourth-order valence-corrected chi connectivity index (χ4v) is 3.71. The number of aldehydes is 1. The monoisotopic (exact) mass is 346 g/mol. The molecule has 0 amide bonds. The molecule has 0 aromatic rings. The summed E-state index contributed by atoms with van der Waals surface area (Å²) < 4.78 is 10.9. The summed E-state index contributed by atoms with van der Waals surface area (Å²) >= 11 is 0. The Hall–Kier alpha value is -2.47. The van der Waals surface area contributed by atoms with E-state index in [4.69, 9.17) is 9.47 Å². The van der Waals surface area contributed by atoms with Crippen LogP contribution < -0.4 is 0 Å². The van der Waals surface area contributed by atoms with Gasteiger partial charge in [0.15, 0.2) is 0 Å². The summed E-state index contributed by atoms with van der Waals surface area (Å²) in [5, 5.41) is 10.8. The molecule has 0 aromatic carbocycles. The van der Waals surface area contributed by atoms with Crippen molar-refractivity contribution in [1.82, 2.24) is 0 Å². The molecule has 1 N–H and O–H groups in total. The molecular formula is C19H22O6. The molecule has 6 atom stereocenters. The Morgan fingerprint density at radius 1 is 1.40 bits per heavy atom. The smallest absolute Gasteiger partial charge is 0.334 e. The first-order valence-corrected chi connectivity index (χ1v) is 7.82. The van der Waals surface area contributed by atoms with Crippen molar-refractivity contribution in [2.45, 2.75) is 32.2 Å². The Morgan fingerprint density at radius 2 is 2.00 bits per heavy atom. The molecule has 1 saturated carbocycles. The van der Waals surface area contributed by atoms with Crippen LogP contribution in [0.25, 0.3) is 0 Å². The van der Waals surface area contributed by atoms with Crippen LogP contribution in [0.4, 0.5) is 0 Å². The highest BCUT2D eigenvalue weighted by molar-refractivity contribution is 5.92. The van der Waals surface area contributed by atoms with Gasteiger partial charge in [-0.3, -0.25) is 4.79 Å². The first-order valence-electron chi connectivity index (χ1n) is 7.82. The van der Waals surface area contributed by atoms with Crippen LogP contribution >= 0.6 is 0 Å². The first-order chi connectivity index (χ1) is 11.6. The third-order valence-corrected chi connectivity index (χ3v) is 5.13. The number of hydrogen-bond donors (Lipinski definition) is 1. The third-order valence-electron chi connectivity index (χ3n) is 5.13. The number of carbonyl (C=O) groups excluding carboxylic acids is 3. The van der Waals surface area contributed by atoms with E-state index < -0.39 is 47.5 Å². The van der Waals surface area contributed by atoms with E-state index in [1.807, 2.05) is 0 Å². The minimum absolute atomic E-state index is 0.0729. The fourth-order valence-electron chi connectivity index (χ4n) is 3.71. The lowest BCUT2D eigenvalue weighted by molar-refractivity contribution is -0.189. The molecule has 1 saturated heterocycles. The van der Waals surface area contributed by atoms with E-state index in [-0.39, 0.29) is 16.7 Å². The molecule has 2 rings (SSSR count). The molecule has 0 bridgehead atoms. The lowest BCUT2D eigenvalue weighted by Crippen LogP contribution is -2.60. The summed E-state index contributed by atoms with van der Waals surface area (Å²) in [5.41, 5.74) is -0.738. The van der Waals surface area contributed by atoms with Crippen molar-refractivity contribution in [3.05, 3.63) is 49.1 Å². The molecule has 0 spiro atoms. The summed E-state index contributed by atoms with van der Waals surface area (Å²) in [4.78, 5) is 35.4. The van der Waals surface area contributed by atoms with E-state index in [0.717, 1.165) is 0 Å². The zero-order valence-electron chi connectivity index (χ0n) is 14.4. The average molecular weight is 346 g/mol. The van der Waals surface area contributed by atoms with Gasteiger partial charge in [0, 0.05) is 22.5 Å². The normalized spacial score (nSPS) is 36.8. The average Bonchev–Trinajstić information content (AvgIpc) is 2.86. The molecule has 1 aliphatic heterocycles. The molecule has 2 aliphatic rings. The highest BCUT2D eigenvalue weighted by atomic mass is 16.6. The van der Waals surface area contributed by atoms with Crippen molar-refractivity contribution in [1.29, 1.82) is 0 Å². The molecule has 6 nitrogen and oxygen atoms in total. The SMILES string of the molecule is C=C[C@]1(C)[C@H](OC(=O)C(=C)C)[C@@H]2OC(=O)C(=C)[C@@H]2[C@@H](O)[C@H]1C(=C)C=O. The van der Waals surface area contributed by atoms with E-state index in [2.05, 4.69) is 26.3 Å². The summed E-state index contributed by atoms with van der Waals surface area (Å²) in [6.45, 7) is 17.9. The number of rotatable bonds is 5. The summed E-state index contributed by atoms with van der Waals surface area (Å²) in [5.74, 6) is -2.98. The van der Waals surface area contributed by atoms with Crippen molar-refractivity contribution in [2.75, 3.05) is 0 Å². The minimum Gasteiger partial charge on any atom is -0.454 e. The molecule has 6 heteroatoms. The predicted molar refractivity (Wildman–Crippen MR) is 90.2 cm³/mol. The number of carbonyl (C=O) groups is 3. The number of aliphatic hydroxyl groups excluding tert-OH is 1. The van der Waals surface area contributed by atoms with Gasteiger partial charge in [-0.1, -0.05) is 32.7 Å². The Labute approximate surface area is 146 Å². The Bertz CT molecular complexity index is 690. The van der Waals surface area contributed by atoms with Crippen LogP contribution in [0.1, 0.15) is 13.8 Å². The summed E-state index contributed by atoms with van der Waals surface area (Å²) in [6.07, 6.45) is -1.06. The Balaban J connectivity index is 2.60. The van der Waals surface area contributed by atoms with E-state index in [9.17, 15) is 19.5 Å². The lowest BCUT2D eigenvalue weighted by atomic mass is 9.57. The van der Waals surface area contributed by atoms with Crippen molar-refractivity contribution in [3.8, 4) is 0 Å². The van der Waals surface area contributed by atoms with Crippen LogP contribution in [0.5, 0.6) is 0 Å². The minimum atomic E-state index is -1.16. The van der Waals surface area contributed by atoms with E-state index >= 15 is 0 Å². The van der Waals surface area contributed by atoms with Gasteiger partial charge < -0.3 is 14.6 Å². The molecule has 1 heterocycles. The van der Waals surface area contributed by atoms with Crippen molar-refractivity contribution in [2.24, 2.45) is 17.3 Å². The van der Waals surface area contributed by atoms with Crippen LogP contribution in [0.2, 0.25) is 0 Å². The number of hydrogen-bond acceptors (Lipinski definition) is 6. The van der Waals surface area contributed by atoms with Gasteiger partial charge in [0.05, 0.1) is 12.0 Å². The van der Waals surface area contributed by atoms with E-state index in [1.165, 1.54) is 13.0 Å². The van der Waals surface area contributed by atoms with Crippen LogP contribution in [-0.2, 0) is 23.9 Å². The van der Waals surface area contributed by atoms with Gasteiger partial charge in [-0.25, -0.2) is 9.59 Å². The van der Waals surface area contributed by atoms with Crippen LogP contribution in [0.3, 0.4) is 0 Å².